The molecule has 0 fully saturated rings. The molecule has 0 spiro atoms. The van der Waals surface area contributed by atoms with Crippen molar-refractivity contribution in [1.82, 2.24) is 5.32 Å². The first-order chi connectivity index (χ1) is 35.0. The number of carbonyl (C=O) groups is 2. The predicted octanol–water partition coefficient (Wildman–Crippen LogP) is 20.4. The molecule has 0 bridgehead atoms. The Hall–Kier alpha value is -1.40. The van der Waals surface area contributed by atoms with E-state index in [1.807, 2.05) is 0 Å². The molecular formula is C65H127NO5. The van der Waals surface area contributed by atoms with Crippen LogP contribution in [0, 0.1) is 0 Å². The maximum absolute atomic E-state index is 12.5. The zero-order valence-corrected chi connectivity index (χ0v) is 48.2. The molecule has 2 atom stereocenters. The fraction of sp³-hybridized carbons (Fsp3) is 0.938. The number of allylic oxidation sites excluding steroid dienone is 2. The van der Waals surface area contributed by atoms with Crippen LogP contribution in [0.3, 0.4) is 0 Å². The zero-order valence-electron chi connectivity index (χ0n) is 48.2. The average Bonchev–Trinajstić information content (AvgIpc) is 3.37. The lowest BCUT2D eigenvalue weighted by atomic mass is 10.0. The summed E-state index contributed by atoms with van der Waals surface area (Å²) in [4.78, 5) is 24.6. The Labute approximate surface area is 444 Å². The van der Waals surface area contributed by atoms with E-state index in [-0.39, 0.29) is 18.5 Å². The van der Waals surface area contributed by atoms with Crippen LogP contribution >= 0.6 is 0 Å². The fourth-order valence-electron chi connectivity index (χ4n) is 10.3. The summed E-state index contributed by atoms with van der Waals surface area (Å²) in [7, 11) is 0. The summed E-state index contributed by atoms with van der Waals surface area (Å²) in [5.41, 5.74) is 0. The van der Waals surface area contributed by atoms with Crippen molar-refractivity contribution in [2.45, 2.75) is 379 Å². The maximum Gasteiger partial charge on any atom is 0.305 e. The molecule has 0 rings (SSSR count). The number of hydrogen-bond acceptors (Lipinski definition) is 5. The summed E-state index contributed by atoms with van der Waals surface area (Å²) >= 11 is 0. The van der Waals surface area contributed by atoms with Gasteiger partial charge in [-0.2, -0.15) is 0 Å². The molecule has 0 saturated carbocycles. The Bertz CT molecular complexity index is 1060. The highest BCUT2D eigenvalue weighted by molar-refractivity contribution is 5.76. The number of amides is 1. The number of nitrogens with one attached hydrogen (secondary N) is 1. The number of rotatable bonds is 61. The van der Waals surface area contributed by atoms with Gasteiger partial charge in [0.05, 0.1) is 25.4 Å². The van der Waals surface area contributed by atoms with Crippen LogP contribution in [0.2, 0.25) is 0 Å². The van der Waals surface area contributed by atoms with Gasteiger partial charge in [-0.15, -0.1) is 0 Å². The Morgan fingerprint density at radius 2 is 0.662 bits per heavy atom. The van der Waals surface area contributed by atoms with E-state index in [1.54, 1.807) is 0 Å². The number of aliphatic hydroxyl groups excluding tert-OH is 2. The van der Waals surface area contributed by atoms with E-state index in [4.69, 9.17) is 4.74 Å². The minimum absolute atomic E-state index is 0.0168. The van der Waals surface area contributed by atoms with Crippen LogP contribution in [0.15, 0.2) is 12.2 Å². The molecule has 0 aliphatic rings. The molecule has 0 radical (unpaired) electrons. The molecule has 422 valence electrons. The van der Waals surface area contributed by atoms with Crippen LogP contribution < -0.4 is 5.32 Å². The smallest absolute Gasteiger partial charge is 0.305 e. The molecule has 3 N–H and O–H groups in total. The highest BCUT2D eigenvalue weighted by atomic mass is 16.5. The summed E-state index contributed by atoms with van der Waals surface area (Å²) in [5, 5.41) is 23.3. The third-order valence-electron chi connectivity index (χ3n) is 15.3. The average molecular weight is 1000 g/mol. The lowest BCUT2D eigenvalue weighted by Crippen LogP contribution is -2.45. The minimum Gasteiger partial charge on any atom is -0.466 e. The second-order valence-corrected chi connectivity index (χ2v) is 22.5. The summed E-state index contributed by atoms with van der Waals surface area (Å²) in [6.07, 6.45) is 73.8. The molecule has 2 unspecified atom stereocenters. The Morgan fingerprint density at radius 3 is 1.00 bits per heavy atom. The number of hydrogen-bond donors (Lipinski definition) is 3. The molecule has 1 amide bonds. The first-order valence-electron chi connectivity index (χ1n) is 32.4. The van der Waals surface area contributed by atoms with E-state index in [0.717, 1.165) is 38.5 Å². The van der Waals surface area contributed by atoms with Crippen LogP contribution in [0.5, 0.6) is 0 Å². The van der Waals surface area contributed by atoms with Crippen LogP contribution in [-0.4, -0.2) is 47.4 Å². The van der Waals surface area contributed by atoms with Crippen molar-refractivity contribution in [1.29, 1.82) is 0 Å². The summed E-state index contributed by atoms with van der Waals surface area (Å²) in [6, 6.07) is -0.543. The van der Waals surface area contributed by atoms with Crippen molar-refractivity contribution in [2.75, 3.05) is 13.2 Å². The van der Waals surface area contributed by atoms with E-state index < -0.39 is 12.1 Å². The van der Waals surface area contributed by atoms with Gasteiger partial charge in [-0.1, -0.05) is 315 Å². The summed E-state index contributed by atoms with van der Waals surface area (Å²) in [5.74, 6) is -0.0205. The third-order valence-corrected chi connectivity index (χ3v) is 15.3. The van der Waals surface area contributed by atoms with Gasteiger partial charge in [-0.25, -0.2) is 0 Å². The Kier molecular flexibility index (Phi) is 59.9. The normalized spacial score (nSPS) is 12.6. The Balaban J connectivity index is 3.37. The van der Waals surface area contributed by atoms with Crippen LogP contribution in [-0.2, 0) is 14.3 Å². The number of ether oxygens (including phenoxy) is 1. The van der Waals surface area contributed by atoms with Crippen molar-refractivity contribution >= 4 is 11.9 Å². The zero-order chi connectivity index (χ0) is 51.4. The minimum atomic E-state index is -0.666. The fourth-order valence-corrected chi connectivity index (χ4v) is 10.3. The van der Waals surface area contributed by atoms with Crippen molar-refractivity contribution in [2.24, 2.45) is 0 Å². The van der Waals surface area contributed by atoms with Gasteiger partial charge in [0.2, 0.25) is 5.91 Å². The largest absolute Gasteiger partial charge is 0.466 e. The molecule has 6 heteroatoms. The topological polar surface area (TPSA) is 95.9 Å². The van der Waals surface area contributed by atoms with Crippen molar-refractivity contribution < 1.29 is 24.5 Å². The van der Waals surface area contributed by atoms with Crippen LogP contribution in [0.4, 0.5) is 0 Å². The van der Waals surface area contributed by atoms with Crippen LogP contribution in [0.25, 0.3) is 0 Å². The van der Waals surface area contributed by atoms with Gasteiger partial charge in [0.1, 0.15) is 0 Å². The van der Waals surface area contributed by atoms with Gasteiger partial charge in [0, 0.05) is 12.8 Å². The van der Waals surface area contributed by atoms with Gasteiger partial charge in [-0.3, -0.25) is 9.59 Å². The van der Waals surface area contributed by atoms with Crippen LogP contribution in [0.1, 0.15) is 367 Å². The van der Waals surface area contributed by atoms with Gasteiger partial charge in [0.25, 0.3) is 0 Å². The standard InChI is InChI=1S/C65H127NO5/c1-3-5-7-9-11-13-15-17-19-31-35-39-43-47-51-55-59-65(70)71-60-56-52-48-44-40-36-32-29-27-25-23-21-20-22-24-26-28-30-34-38-42-46-50-54-58-64(69)66-62(61-67)63(68)57-53-49-45-41-37-33-18-16-14-12-10-8-6-4-2/h22,24,62-63,67-68H,3-21,23,25-61H2,1-2H3,(H,66,69)/b24-22-. The van der Waals surface area contributed by atoms with Gasteiger partial charge in [0.15, 0.2) is 0 Å². The highest BCUT2D eigenvalue weighted by Gasteiger charge is 2.20. The van der Waals surface area contributed by atoms with E-state index in [2.05, 4.69) is 31.3 Å². The molecule has 71 heavy (non-hydrogen) atoms. The second kappa shape index (κ2) is 61.1. The van der Waals surface area contributed by atoms with E-state index in [0.29, 0.717) is 25.9 Å². The molecular weight excluding hydrogens is 875 g/mol. The monoisotopic (exact) mass is 1000 g/mol. The number of aliphatic hydroxyl groups is 2. The first kappa shape index (κ1) is 69.6. The molecule has 6 nitrogen and oxygen atoms in total. The van der Waals surface area contributed by atoms with E-state index in [1.165, 1.54) is 295 Å². The maximum atomic E-state index is 12.5. The van der Waals surface area contributed by atoms with Gasteiger partial charge in [-0.05, 0) is 51.4 Å². The van der Waals surface area contributed by atoms with Crippen molar-refractivity contribution in [3.63, 3.8) is 0 Å². The van der Waals surface area contributed by atoms with Gasteiger partial charge < -0.3 is 20.3 Å². The van der Waals surface area contributed by atoms with E-state index in [9.17, 15) is 19.8 Å². The van der Waals surface area contributed by atoms with Gasteiger partial charge >= 0.3 is 5.97 Å². The first-order valence-corrected chi connectivity index (χ1v) is 32.4. The third kappa shape index (κ3) is 57.7. The molecule has 0 aliphatic heterocycles. The molecule has 0 aliphatic carbocycles. The number of carbonyl (C=O) groups excluding carboxylic acids is 2. The molecule has 0 saturated heterocycles. The summed E-state index contributed by atoms with van der Waals surface area (Å²) in [6.45, 7) is 4.98. The number of esters is 1. The molecule has 0 aromatic rings. The lowest BCUT2D eigenvalue weighted by molar-refractivity contribution is -0.143. The van der Waals surface area contributed by atoms with E-state index >= 15 is 0 Å². The molecule has 0 aromatic heterocycles. The summed E-state index contributed by atoms with van der Waals surface area (Å²) < 4.78 is 5.50. The molecule has 0 heterocycles. The second-order valence-electron chi connectivity index (χ2n) is 22.5. The Morgan fingerprint density at radius 1 is 0.380 bits per heavy atom. The SMILES string of the molecule is CCCCCCCCCCCCCCCCCCC(=O)OCCCCCCCCCCCCCC/C=C\CCCCCCCCCCC(=O)NC(CO)C(O)CCCCCCCCCCCCCCCC. The quantitative estimate of drug-likeness (QED) is 0.0320. The predicted molar refractivity (Wildman–Crippen MR) is 310 cm³/mol. The number of unbranched alkanes of at least 4 members (excludes halogenated alkanes) is 48. The van der Waals surface area contributed by atoms with Crippen molar-refractivity contribution in [3.8, 4) is 0 Å². The lowest BCUT2D eigenvalue weighted by Gasteiger charge is -2.22. The highest BCUT2D eigenvalue weighted by Crippen LogP contribution is 2.18. The van der Waals surface area contributed by atoms with Crippen molar-refractivity contribution in [3.05, 3.63) is 12.2 Å². The molecule has 0 aromatic carbocycles.